The molecule has 0 radical (unpaired) electrons. The van der Waals surface area contributed by atoms with Gasteiger partial charge in [0.25, 0.3) is 0 Å². The zero-order chi connectivity index (χ0) is 11.8. The number of nitrogens with one attached hydrogen (secondary N) is 1. The minimum absolute atomic E-state index is 0.171. The van der Waals surface area contributed by atoms with E-state index in [1.807, 2.05) is 30.3 Å². The second kappa shape index (κ2) is 6.98. The van der Waals surface area contributed by atoms with Crippen molar-refractivity contribution in [3.05, 3.63) is 35.9 Å². The van der Waals surface area contributed by atoms with Crippen LogP contribution in [-0.2, 0) is 21.0 Å². The van der Waals surface area contributed by atoms with Gasteiger partial charge < -0.3 is 4.74 Å². The number of rotatable bonds is 6. The van der Waals surface area contributed by atoms with E-state index < -0.39 is 0 Å². The fraction of sp³-hybridized carbons (Fsp3) is 0.417. The summed E-state index contributed by atoms with van der Waals surface area (Å²) in [6, 6.07) is 9.84. The molecule has 0 aromatic heterocycles. The van der Waals surface area contributed by atoms with Gasteiger partial charge in [0.15, 0.2) is 0 Å². The minimum Gasteiger partial charge on any atom is -0.376 e. The fourth-order valence-electron chi connectivity index (χ4n) is 1.20. The molecule has 0 aliphatic heterocycles. The molecule has 0 saturated carbocycles. The fourth-order valence-corrected chi connectivity index (χ4v) is 1.20. The van der Waals surface area contributed by atoms with Gasteiger partial charge >= 0.3 is 0 Å². The molecule has 1 aromatic rings. The van der Waals surface area contributed by atoms with E-state index in [1.165, 1.54) is 7.11 Å². The van der Waals surface area contributed by atoms with E-state index in [2.05, 4.69) is 10.3 Å². The van der Waals surface area contributed by atoms with Crippen molar-refractivity contribution in [2.45, 2.75) is 13.5 Å². The maximum Gasteiger partial charge on any atom is 0.248 e. The summed E-state index contributed by atoms with van der Waals surface area (Å²) in [6.45, 7) is 2.69. The second-order valence-electron chi connectivity index (χ2n) is 3.57. The lowest BCUT2D eigenvalue weighted by atomic mass is 10.2. The van der Waals surface area contributed by atoms with Crippen molar-refractivity contribution in [2.75, 3.05) is 13.7 Å². The van der Waals surface area contributed by atoms with Crippen LogP contribution >= 0.6 is 0 Å². The summed E-state index contributed by atoms with van der Waals surface area (Å²) in [6.07, 6.45) is 0. The van der Waals surface area contributed by atoms with E-state index in [-0.39, 0.29) is 11.8 Å². The number of hydrogen-bond donors (Lipinski definition) is 1. The third kappa shape index (κ3) is 4.42. The number of ether oxygens (including phenoxy) is 1. The molecule has 1 aromatic carbocycles. The van der Waals surface area contributed by atoms with Gasteiger partial charge in [-0.2, -0.15) is 0 Å². The van der Waals surface area contributed by atoms with Crippen molar-refractivity contribution in [2.24, 2.45) is 5.92 Å². The predicted octanol–water partition coefficient (Wildman–Crippen LogP) is 1.52. The van der Waals surface area contributed by atoms with E-state index in [9.17, 15) is 4.79 Å². The highest BCUT2D eigenvalue weighted by Gasteiger charge is 2.12. The summed E-state index contributed by atoms with van der Waals surface area (Å²) in [5.74, 6) is -0.390. The number of hydrogen-bond acceptors (Lipinski definition) is 3. The highest BCUT2D eigenvalue weighted by atomic mass is 16.6. The van der Waals surface area contributed by atoms with E-state index in [0.717, 1.165) is 5.56 Å². The quantitative estimate of drug-likeness (QED) is 0.744. The van der Waals surface area contributed by atoms with Crippen LogP contribution < -0.4 is 5.48 Å². The van der Waals surface area contributed by atoms with Crippen LogP contribution in [0.15, 0.2) is 30.3 Å². The average molecular weight is 223 g/mol. The Balaban J connectivity index is 2.23. The zero-order valence-corrected chi connectivity index (χ0v) is 9.60. The largest absolute Gasteiger partial charge is 0.376 e. The lowest BCUT2D eigenvalue weighted by Crippen LogP contribution is -2.30. The molecule has 16 heavy (non-hydrogen) atoms. The van der Waals surface area contributed by atoms with Crippen LogP contribution in [0.2, 0.25) is 0 Å². The van der Waals surface area contributed by atoms with E-state index >= 15 is 0 Å². The van der Waals surface area contributed by atoms with E-state index in [4.69, 9.17) is 4.74 Å². The number of carbonyl (C=O) groups excluding carboxylic acids is 1. The Hall–Kier alpha value is -1.39. The van der Waals surface area contributed by atoms with Crippen LogP contribution in [0.4, 0.5) is 0 Å². The third-order valence-corrected chi connectivity index (χ3v) is 2.13. The molecule has 4 heteroatoms. The molecule has 0 spiro atoms. The highest BCUT2D eigenvalue weighted by molar-refractivity contribution is 5.77. The molecule has 0 bridgehead atoms. The molecule has 0 aliphatic carbocycles. The summed E-state index contributed by atoms with van der Waals surface area (Å²) >= 11 is 0. The normalized spacial score (nSPS) is 12.1. The molecule has 1 amide bonds. The Kier molecular flexibility index (Phi) is 5.53. The van der Waals surface area contributed by atoms with Crippen LogP contribution in [0.5, 0.6) is 0 Å². The Morgan fingerprint density at radius 3 is 2.69 bits per heavy atom. The summed E-state index contributed by atoms with van der Waals surface area (Å²) < 4.78 is 5.43. The monoisotopic (exact) mass is 223 g/mol. The first-order valence-corrected chi connectivity index (χ1v) is 5.18. The van der Waals surface area contributed by atoms with Gasteiger partial charge in [-0.1, -0.05) is 37.3 Å². The van der Waals surface area contributed by atoms with E-state index in [0.29, 0.717) is 13.2 Å². The molecule has 88 valence electrons. The van der Waals surface area contributed by atoms with Crippen molar-refractivity contribution in [1.82, 2.24) is 5.48 Å². The average Bonchev–Trinajstić information content (AvgIpc) is 2.30. The Labute approximate surface area is 95.5 Å². The topological polar surface area (TPSA) is 47.6 Å². The molecule has 4 nitrogen and oxygen atoms in total. The maximum absolute atomic E-state index is 11.3. The van der Waals surface area contributed by atoms with Crippen LogP contribution in [0.1, 0.15) is 12.5 Å². The number of carbonyl (C=O) groups is 1. The summed E-state index contributed by atoms with van der Waals surface area (Å²) in [7, 11) is 1.41. The Bertz CT molecular complexity index is 313. The first-order valence-electron chi connectivity index (χ1n) is 5.18. The van der Waals surface area contributed by atoms with Crippen molar-refractivity contribution >= 4 is 5.91 Å². The first-order chi connectivity index (χ1) is 7.74. The smallest absolute Gasteiger partial charge is 0.248 e. The van der Waals surface area contributed by atoms with Crippen molar-refractivity contribution in [1.29, 1.82) is 0 Å². The van der Waals surface area contributed by atoms with Crippen LogP contribution in [0, 0.1) is 5.92 Å². The number of hydroxylamine groups is 1. The lowest BCUT2D eigenvalue weighted by molar-refractivity contribution is -0.137. The molecule has 0 saturated heterocycles. The SMILES string of the molecule is CONC(=O)[C@@H](C)COCc1ccccc1. The molecule has 0 heterocycles. The highest BCUT2D eigenvalue weighted by Crippen LogP contribution is 2.03. The maximum atomic E-state index is 11.3. The van der Waals surface area contributed by atoms with Gasteiger partial charge in [0, 0.05) is 0 Å². The molecule has 0 fully saturated rings. The molecular formula is C12H17NO3. The summed E-state index contributed by atoms with van der Waals surface area (Å²) in [4.78, 5) is 15.8. The van der Waals surface area contributed by atoms with Crippen molar-refractivity contribution in [3.63, 3.8) is 0 Å². The van der Waals surface area contributed by atoms with Crippen molar-refractivity contribution < 1.29 is 14.4 Å². The molecule has 1 rings (SSSR count). The van der Waals surface area contributed by atoms with Gasteiger partial charge in [-0.3, -0.25) is 9.63 Å². The first kappa shape index (κ1) is 12.7. The summed E-state index contributed by atoms with van der Waals surface area (Å²) in [5.41, 5.74) is 3.37. The zero-order valence-electron chi connectivity index (χ0n) is 9.60. The van der Waals surface area contributed by atoms with Gasteiger partial charge in [-0.15, -0.1) is 0 Å². The minimum atomic E-state index is -0.219. The predicted molar refractivity (Wildman–Crippen MR) is 60.4 cm³/mol. The Morgan fingerprint density at radius 1 is 1.38 bits per heavy atom. The molecular weight excluding hydrogens is 206 g/mol. The molecule has 0 unspecified atom stereocenters. The van der Waals surface area contributed by atoms with Gasteiger partial charge in [-0.25, -0.2) is 5.48 Å². The number of benzene rings is 1. The standard InChI is InChI=1S/C12H17NO3/c1-10(12(14)13-15-2)8-16-9-11-6-4-3-5-7-11/h3-7,10H,8-9H2,1-2H3,(H,13,14)/t10-/m0/s1. The molecule has 1 N–H and O–H groups in total. The van der Waals surface area contributed by atoms with Crippen molar-refractivity contribution in [3.8, 4) is 0 Å². The molecule has 0 aliphatic rings. The van der Waals surface area contributed by atoms with Gasteiger partial charge in [-0.05, 0) is 5.56 Å². The number of amides is 1. The van der Waals surface area contributed by atoms with Gasteiger partial charge in [0.05, 0.1) is 26.2 Å². The van der Waals surface area contributed by atoms with E-state index in [1.54, 1.807) is 6.92 Å². The van der Waals surface area contributed by atoms with Gasteiger partial charge in [0.1, 0.15) is 0 Å². The Morgan fingerprint density at radius 2 is 2.06 bits per heavy atom. The van der Waals surface area contributed by atoms with Crippen LogP contribution in [-0.4, -0.2) is 19.6 Å². The second-order valence-corrected chi connectivity index (χ2v) is 3.57. The van der Waals surface area contributed by atoms with Crippen LogP contribution in [0.3, 0.4) is 0 Å². The van der Waals surface area contributed by atoms with Crippen LogP contribution in [0.25, 0.3) is 0 Å². The lowest BCUT2D eigenvalue weighted by Gasteiger charge is -2.11. The molecule has 1 atom stereocenters. The third-order valence-electron chi connectivity index (χ3n) is 2.13. The van der Waals surface area contributed by atoms with Gasteiger partial charge in [0.2, 0.25) is 5.91 Å². The summed E-state index contributed by atoms with van der Waals surface area (Å²) in [5, 5.41) is 0.